The van der Waals surface area contributed by atoms with Gasteiger partial charge in [0.1, 0.15) is 10.8 Å². The molecule has 0 unspecified atom stereocenters. The molecule has 2 N–H and O–H groups in total. The molecule has 0 aliphatic rings. The Labute approximate surface area is 165 Å². The SMILES string of the molecule is C/C(CC(=O)Nc1ccc(Cl)c([N+](=O)[O-])c1)=N/NC(=O)COc1ccccc1. The number of benzene rings is 2. The van der Waals surface area contributed by atoms with Crippen molar-refractivity contribution in [2.24, 2.45) is 5.10 Å². The van der Waals surface area contributed by atoms with Gasteiger partial charge in [-0.3, -0.25) is 19.7 Å². The van der Waals surface area contributed by atoms with Gasteiger partial charge in [-0.05, 0) is 31.2 Å². The fourth-order valence-corrected chi connectivity index (χ4v) is 2.25. The van der Waals surface area contributed by atoms with Gasteiger partial charge in [-0.2, -0.15) is 5.10 Å². The van der Waals surface area contributed by atoms with E-state index in [4.69, 9.17) is 16.3 Å². The van der Waals surface area contributed by atoms with Crippen molar-refractivity contribution in [3.63, 3.8) is 0 Å². The van der Waals surface area contributed by atoms with E-state index >= 15 is 0 Å². The van der Waals surface area contributed by atoms with Crippen LogP contribution in [0.3, 0.4) is 0 Å². The predicted molar refractivity (Wildman–Crippen MR) is 105 cm³/mol. The summed E-state index contributed by atoms with van der Waals surface area (Å²) in [5, 5.41) is 17.2. The summed E-state index contributed by atoms with van der Waals surface area (Å²) in [6.45, 7) is 1.34. The molecule has 9 nitrogen and oxygen atoms in total. The molecule has 0 atom stereocenters. The highest BCUT2D eigenvalue weighted by Crippen LogP contribution is 2.27. The van der Waals surface area contributed by atoms with Crippen molar-refractivity contribution in [3.8, 4) is 5.75 Å². The summed E-state index contributed by atoms with van der Waals surface area (Å²) in [6.07, 6.45) is -0.115. The number of nitrogens with one attached hydrogen (secondary N) is 2. The van der Waals surface area contributed by atoms with Gasteiger partial charge in [0.15, 0.2) is 6.61 Å². The molecule has 0 heterocycles. The molecule has 0 aliphatic carbocycles. The maximum absolute atomic E-state index is 12.0. The van der Waals surface area contributed by atoms with Gasteiger partial charge >= 0.3 is 0 Å². The molecule has 28 heavy (non-hydrogen) atoms. The van der Waals surface area contributed by atoms with Gasteiger partial charge in [-0.1, -0.05) is 29.8 Å². The third-order valence-corrected chi connectivity index (χ3v) is 3.65. The first-order valence-electron chi connectivity index (χ1n) is 8.09. The maximum Gasteiger partial charge on any atom is 0.289 e. The maximum atomic E-state index is 12.0. The molecule has 0 aliphatic heterocycles. The molecule has 2 amide bonds. The molecular formula is C18H17ClN4O5. The van der Waals surface area contributed by atoms with Crippen LogP contribution in [0.4, 0.5) is 11.4 Å². The number of nitrogens with zero attached hydrogens (tertiary/aromatic N) is 2. The van der Waals surface area contributed by atoms with Crippen molar-refractivity contribution in [1.29, 1.82) is 0 Å². The summed E-state index contributed by atoms with van der Waals surface area (Å²) in [7, 11) is 0. The minimum atomic E-state index is -0.641. The molecule has 0 bridgehead atoms. The number of para-hydroxylation sites is 1. The summed E-state index contributed by atoms with van der Waals surface area (Å²) < 4.78 is 5.27. The molecule has 10 heteroatoms. The molecule has 2 aromatic carbocycles. The minimum absolute atomic E-state index is 0.0267. The third-order valence-electron chi connectivity index (χ3n) is 3.33. The second-order valence-corrected chi connectivity index (χ2v) is 6.04. The quantitative estimate of drug-likeness (QED) is 0.397. The number of hydrazone groups is 1. The van der Waals surface area contributed by atoms with Crippen molar-refractivity contribution in [1.82, 2.24) is 5.43 Å². The fourth-order valence-electron chi connectivity index (χ4n) is 2.06. The third kappa shape index (κ3) is 6.69. The fraction of sp³-hybridized carbons (Fsp3) is 0.167. The van der Waals surface area contributed by atoms with Crippen LogP contribution in [0.1, 0.15) is 13.3 Å². The predicted octanol–water partition coefficient (Wildman–Crippen LogP) is 3.15. The molecule has 0 aromatic heterocycles. The lowest BCUT2D eigenvalue weighted by Gasteiger charge is -2.07. The Balaban J connectivity index is 1.82. The number of nitro benzene ring substituents is 1. The monoisotopic (exact) mass is 404 g/mol. The van der Waals surface area contributed by atoms with E-state index in [-0.39, 0.29) is 29.4 Å². The van der Waals surface area contributed by atoms with E-state index in [1.807, 2.05) is 6.07 Å². The second kappa shape index (κ2) is 10.0. The minimum Gasteiger partial charge on any atom is -0.484 e. The molecule has 0 radical (unpaired) electrons. The summed E-state index contributed by atoms with van der Waals surface area (Å²) in [6, 6.07) is 12.8. The number of carbonyl (C=O) groups excluding carboxylic acids is 2. The molecule has 2 aromatic rings. The summed E-state index contributed by atoms with van der Waals surface area (Å²) in [5.74, 6) is -0.376. The summed E-state index contributed by atoms with van der Waals surface area (Å²) in [5.41, 5.74) is 2.55. The van der Waals surface area contributed by atoms with Crippen LogP contribution in [0.5, 0.6) is 5.75 Å². The zero-order valence-corrected chi connectivity index (χ0v) is 15.6. The number of anilines is 1. The molecule has 2 rings (SSSR count). The van der Waals surface area contributed by atoms with Crippen LogP contribution in [-0.4, -0.2) is 29.1 Å². The van der Waals surface area contributed by atoms with E-state index in [9.17, 15) is 19.7 Å². The van der Waals surface area contributed by atoms with Crippen LogP contribution in [0.15, 0.2) is 53.6 Å². The largest absolute Gasteiger partial charge is 0.484 e. The Bertz CT molecular complexity index is 902. The molecular weight excluding hydrogens is 388 g/mol. The molecule has 0 saturated carbocycles. The zero-order chi connectivity index (χ0) is 20.5. The van der Waals surface area contributed by atoms with Crippen LogP contribution in [-0.2, 0) is 9.59 Å². The first-order chi connectivity index (χ1) is 13.3. The normalized spacial score (nSPS) is 10.9. The average molecular weight is 405 g/mol. The van der Waals surface area contributed by atoms with E-state index in [2.05, 4.69) is 15.8 Å². The van der Waals surface area contributed by atoms with Crippen molar-refractivity contribution in [2.75, 3.05) is 11.9 Å². The van der Waals surface area contributed by atoms with E-state index in [0.717, 1.165) is 6.07 Å². The highest BCUT2D eigenvalue weighted by molar-refractivity contribution is 6.32. The van der Waals surface area contributed by atoms with E-state index in [0.29, 0.717) is 11.5 Å². The lowest BCUT2D eigenvalue weighted by Crippen LogP contribution is -2.26. The van der Waals surface area contributed by atoms with Crippen molar-refractivity contribution in [3.05, 3.63) is 63.7 Å². The second-order valence-electron chi connectivity index (χ2n) is 5.63. The summed E-state index contributed by atoms with van der Waals surface area (Å²) in [4.78, 5) is 34.0. The highest BCUT2D eigenvalue weighted by Gasteiger charge is 2.14. The Morgan fingerprint density at radius 2 is 1.89 bits per heavy atom. The molecule has 146 valence electrons. The van der Waals surface area contributed by atoms with Gasteiger partial charge < -0.3 is 10.1 Å². The number of nitro groups is 1. The summed E-state index contributed by atoms with van der Waals surface area (Å²) >= 11 is 5.72. The molecule has 0 saturated heterocycles. The van der Waals surface area contributed by atoms with Gasteiger partial charge in [-0.15, -0.1) is 0 Å². The van der Waals surface area contributed by atoms with Crippen LogP contribution < -0.4 is 15.5 Å². The Hall–Kier alpha value is -3.46. The van der Waals surface area contributed by atoms with E-state index in [1.54, 1.807) is 31.2 Å². The van der Waals surface area contributed by atoms with Crippen LogP contribution in [0.2, 0.25) is 5.02 Å². The van der Waals surface area contributed by atoms with Gasteiger partial charge in [0.05, 0.1) is 11.3 Å². The van der Waals surface area contributed by atoms with E-state index < -0.39 is 16.7 Å². The van der Waals surface area contributed by atoms with Crippen molar-refractivity contribution in [2.45, 2.75) is 13.3 Å². The van der Waals surface area contributed by atoms with Gasteiger partial charge in [0.2, 0.25) is 5.91 Å². The lowest BCUT2D eigenvalue weighted by molar-refractivity contribution is -0.384. The Kier molecular flexibility index (Phi) is 7.46. The smallest absolute Gasteiger partial charge is 0.289 e. The lowest BCUT2D eigenvalue weighted by atomic mass is 10.2. The van der Waals surface area contributed by atoms with Crippen LogP contribution in [0, 0.1) is 10.1 Å². The topological polar surface area (TPSA) is 123 Å². The molecule has 0 fully saturated rings. The van der Waals surface area contributed by atoms with Gasteiger partial charge in [-0.25, -0.2) is 5.43 Å². The van der Waals surface area contributed by atoms with Crippen molar-refractivity contribution >= 4 is 40.5 Å². The Morgan fingerprint density at radius 1 is 1.18 bits per heavy atom. The number of hydrogen-bond acceptors (Lipinski definition) is 6. The van der Waals surface area contributed by atoms with Gasteiger partial charge in [0.25, 0.3) is 11.6 Å². The van der Waals surface area contributed by atoms with Crippen LogP contribution in [0.25, 0.3) is 0 Å². The van der Waals surface area contributed by atoms with Crippen LogP contribution >= 0.6 is 11.6 Å². The number of amides is 2. The zero-order valence-electron chi connectivity index (χ0n) is 14.8. The van der Waals surface area contributed by atoms with Gasteiger partial charge in [0, 0.05) is 17.5 Å². The number of carbonyl (C=O) groups is 2. The Morgan fingerprint density at radius 3 is 2.57 bits per heavy atom. The number of halogens is 1. The first kappa shape index (κ1) is 20.8. The standard InChI is InChI=1S/C18H17ClN4O5/c1-12(21-22-18(25)11-28-14-5-3-2-4-6-14)9-17(24)20-13-7-8-15(19)16(10-13)23(26)27/h2-8,10H,9,11H2,1H3,(H,20,24)(H,22,25)/b21-12-. The van der Waals surface area contributed by atoms with Crippen molar-refractivity contribution < 1.29 is 19.2 Å². The molecule has 0 spiro atoms. The number of ether oxygens (including phenoxy) is 1. The highest BCUT2D eigenvalue weighted by atomic mass is 35.5. The average Bonchev–Trinajstić information content (AvgIpc) is 2.66. The number of rotatable bonds is 8. The first-order valence-corrected chi connectivity index (χ1v) is 8.46. The van der Waals surface area contributed by atoms with E-state index in [1.165, 1.54) is 12.1 Å². The number of hydrogen-bond donors (Lipinski definition) is 2.